The van der Waals surface area contributed by atoms with Gasteiger partial charge in [0, 0.05) is 10.7 Å². The maximum atomic E-state index is 4.29. The highest BCUT2D eigenvalue weighted by molar-refractivity contribution is 7.04. The second-order valence-electron chi connectivity index (χ2n) is 3.56. The summed E-state index contributed by atoms with van der Waals surface area (Å²) in [5.74, 6) is 0. The van der Waals surface area contributed by atoms with E-state index >= 15 is 0 Å². The van der Waals surface area contributed by atoms with Crippen LogP contribution in [0.4, 0.5) is 0 Å². The van der Waals surface area contributed by atoms with Gasteiger partial charge in [0.05, 0.1) is 10.2 Å². The van der Waals surface area contributed by atoms with Crippen molar-refractivity contribution in [1.82, 2.24) is 4.37 Å². The van der Waals surface area contributed by atoms with Gasteiger partial charge in [-0.15, -0.1) is 0 Å². The third kappa shape index (κ3) is 1.46. The van der Waals surface area contributed by atoms with Crippen molar-refractivity contribution in [2.45, 2.75) is 26.2 Å². The van der Waals surface area contributed by atoms with E-state index in [1.54, 1.807) is 11.5 Å². The van der Waals surface area contributed by atoms with Crippen LogP contribution >= 0.6 is 11.5 Å². The third-order valence-electron chi connectivity index (χ3n) is 1.56. The number of hydrogen-bond acceptors (Lipinski definition) is 2. The van der Waals surface area contributed by atoms with Gasteiger partial charge in [-0.05, 0) is 22.5 Å². The smallest absolute Gasteiger partial charge is 0.0641 e. The third-order valence-corrected chi connectivity index (χ3v) is 3.36. The van der Waals surface area contributed by atoms with Crippen molar-refractivity contribution in [1.29, 1.82) is 0 Å². The van der Waals surface area contributed by atoms with Gasteiger partial charge in [0.2, 0.25) is 0 Å². The Morgan fingerprint density at radius 1 is 1.50 bits per heavy atom. The summed E-state index contributed by atoms with van der Waals surface area (Å²) in [5.41, 5.74) is 1.73. The van der Waals surface area contributed by atoms with Gasteiger partial charge >= 0.3 is 0 Å². The molecule has 1 rings (SSSR count). The van der Waals surface area contributed by atoms with Crippen LogP contribution < -0.4 is 5.32 Å². The highest BCUT2D eigenvalue weighted by Gasteiger charge is 2.16. The summed E-state index contributed by atoms with van der Waals surface area (Å²) in [6, 6.07) is 0. The molecule has 0 unspecified atom stereocenters. The van der Waals surface area contributed by atoms with Crippen LogP contribution in [0, 0.1) is 0 Å². The number of hydrogen-bond donors (Lipinski definition) is 0. The summed E-state index contributed by atoms with van der Waals surface area (Å²) < 4.78 is 4.29. The molecule has 1 aromatic heterocycles. The summed E-state index contributed by atoms with van der Waals surface area (Å²) in [5, 5.41) is 3.49. The van der Waals surface area contributed by atoms with E-state index in [4.69, 9.17) is 0 Å². The molecule has 0 spiro atoms. The molecule has 1 heterocycles. The monoisotopic (exact) mass is 171 g/mol. The van der Waals surface area contributed by atoms with Crippen molar-refractivity contribution in [3.63, 3.8) is 0 Å². The van der Waals surface area contributed by atoms with E-state index in [1.807, 2.05) is 0 Å². The second kappa shape index (κ2) is 2.47. The first kappa shape index (κ1) is 7.95. The van der Waals surface area contributed by atoms with Gasteiger partial charge in [-0.25, -0.2) is 4.37 Å². The van der Waals surface area contributed by atoms with E-state index in [2.05, 4.69) is 30.5 Å². The zero-order valence-corrected chi connectivity index (χ0v) is 9.75. The Morgan fingerprint density at radius 2 is 2.10 bits per heavy atom. The maximum Gasteiger partial charge on any atom is 0.0641 e. The molecule has 0 aliphatic heterocycles. The predicted molar refractivity (Wildman–Crippen MR) is 50.4 cm³/mol. The topological polar surface area (TPSA) is 12.9 Å². The Balaban J connectivity index is 3.05. The molecule has 0 aromatic carbocycles. The molecule has 56 valence electrons. The summed E-state index contributed by atoms with van der Waals surface area (Å²) in [6.07, 6.45) is 0. The van der Waals surface area contributed by atoms with Gasteiger partial charge in [0.1, 0.15) is 0 Å². The normalized spacial score (nSPS) is 12.3. The van der Waals surface area contributed by atoms with Crippen molar-refractivity contribution in [3.05, 3.63) is 10.9 Å². The Labute approximate surface area is 69.1 Å². The van der Waals surface area contributed by atoms with Crippen LogP contribution in [0.5, 0.6) is 0 Å². The van der Waals surface area contributed by atoms with E-state index in [1.165, 1.54) is 10.9 Å². The van der Waals surface area contributed by atoms with Crippen molar-refractivity contribution in [2.75, 3.05) is 0 Å². The first-order valence-corrected chi connectivity index (χ1v) is 5.27. The van der Waals surface area contributed by atoms with Crippen molar-refractivity contribution < 1.29 is 0 Å². The largest absolute Gasteiger partial charge is 0.203 e. The minimum atomic E-state index is 0.296. The van der Waals surface area contributed by atoms with Crippen LogP contribution in [-0.2, 0) is 5.41 Å². The number of aromatic nitrogens is 1. The van der Waals surface area contributed by atoms with E-state index in [-0.39, 0.29) is 0 Å². The van der Waals surface area contributed by atoms with Gasteiger partial charge in [0.15, 0.2) is 0 Å². The fourth-order valence-corrected chi connectivity index (χ4v) is 3.37. The van der Waals surface area contributed by atoms with E-state index in [0.717, 1.165) is 10.2 Å². The van der Waals surface area contributed by atoms with Crippen LogP contribution in [0.25, 0.3) is 0 Å². The van der Waals surface area contributed by atoms with Gasteiger partial charge in [-0.2, -0.15) is 0 Å². The Bertz CT molecular complexity index is 224. The van der Waals surface area contributed by atoms with Crippen molar-refractivity contribution in [2.24, 2.45) is 0 Å². The molecule has 0 bridgehead atoms. The van der Waals surface area contributed by atoms with Gasteiger partial charge in [0.25, 0.3) is 0 Å². The Morgan fingerprint density at radius 3 is 2.30 bits per heavy atom. The molecule has 0 aliphatic carbocycles. The van der Waals surface area contributed by atoms with Gasteiger partial charge < -0.3 is 0 Å². The molecular formula is C7H13NSSi. The molecule has 0 aliphatic rings. The molecule has 3 heteroatoms. The fraction of sp³-hybridized carbons (Fsp3) is 0.571. The molecule has 0 atom stereocenters. The molecule has 0 N–H and O–H groups in total. The molecular weight excluding hydrogens is 158 g/mol. The number of rotatable bonds is 0. The zero-order chi connectivity index (χ0) is 7.78. The SMILES string of the molecule is CC(C)(C)c1csnc1[SiH3]. The van der Waals surface area contributed by atoms with Crippen molar-refractivity contribution >= 4 is 27.1 Å². The summed E-state index contributed by atoms with van der Waals surface area (Å²) >= 11 is 1.58. The minimum Gasteiger partial charge on any atom is -0.203 e. The lowest BCUT2D eigenvalue weighted by atomic mass is 9.90. The molecule has 1 aromatic rings. The molecule has 0 saturated carbocycles. The highest BCUT2D eigenvalue weighted by atomic mass is 32.1. The van der Waals surface area contributed by atoms with Crippen molar-refractivity contribution in [3.8, 4) is 0 Å². The average molecular weight is 171 g/mol. The van der Waals surface area contributed by atoms with Crippen LogP contribution in [0.1, 0.15) is 26.3 Å². The maximum absolute atomic E-state index is 4.29. The van der Waals surface area contributed by atoms with E-state index in [0.29, 0.717) is 5.41 Å². The first-order valence-electron chi connectivity index (χ1n) is 3.43. The van der Waals surface area contributed by atoms with Gasteiger partial charge in [-0.3, -0.25) is 0 Å². The highest BCUT2D eigenvalue weighted by Crippen LogP contribution is 2.20. The van der Waals surface area contributed by atoms with Gasteiger partial charge in [-0.1, -0.05) is 20.8 Å². The van der Waals surface area contributed by atoms with Crippen LogP contribution in [0.15, 0.2) is 5.38 Å². The number of nitrogens with zero attached hydrogens (tertiary/aromatic N) is 1. The second-order valence-corrected chi connectivity index (χ2v) is 5.14. The molecule has 0 amide bonds. The quantitative estimate of drug-likeness (QED) is 0.516. The van der Waals surface area contributed by atoms with E-state index < -0.39 is 0 Å². The minimum absolute atomic E-state index is 0.296. The lowest BCUT2D eigenvalue weighted by Gasteiger charge is -2.16. The molecule has 10 heavy (non-hydrogen) atoms. The molecule has 0 fully saturated rings. The lowest BCUT2D eigenvalue weighted by Crippen LogP contribution is -2.21. The fourth-order valence-electron chi connectivity index (χ4n) is 1.01. The zero-order valence-electron chi connectivity index (χ0n) is 6.93. The predicted octanol–water partition coefficient (Wildman–Crippen LogP) is 0.431. The van der Waals surface area contributed by atoms with E-state index in [9.17, 15) is 0 Å². The lowest BCUT2D eigenvalue weighted by molar-refractivity contribution is 0.595. The standard InChI is InChI=1S/C7H13NSSi/c1-7(2,3)5-4-9-8-6(5)10/h4H,1-3,10H3. The molecule has 0 radical (unpaired) electrons. The summed E-state index contributed by atoms with van der Waals surface area (Å²) in [7, 11) is 1.08. The molecule has 0 saturated heterocycles. The summed E-state index contributed by atoms with van der Waals surface area (Å²) in [4.78, 5) is 0. The average Bonchev–Trinajstić information content (AvgIpc) is 2.11. The Hall–Kier alpha value is -0.153. The van der Waals surface area contributed by atoms with Crippen LogP contribution in [-0.4, -0.2) is 14.6 Å². The Kier molecular flexibility index (Phi) is 1.96. The first-order chi connectivity index (χ1) is 4.52. The summed E-state index contributed by atoms with van der Waals surface area (Å²) in [6.45, 7) is 6.70. The van der Waals surface area contributed by atoms with Crippen LogP contribution in [0.3, 0.4) is 0 Å². The van der Waals surface area contributed by atoms with Crippen LogP contribution in [0.2, 0.25) is 0 Å². The molecule has 1 nitrogen and oxygen atoms in total.